The van der Waals surface area contributed by atoms with Gasteiger partial charge in [-0.1, -0.05) is 0 Å². The van der Waals surface area contributed by atoms with E-state index in [9.17, 15) is 9.59 Å². The average molecular weight is 200 g/mol. The Balaban J connectivity index is 2.21. The highest BCUT2D eigenvalue weighted by Crippen LogP contribution is 2.17. The van der Waals surface area contributed by atoms with Crippen molar-refractivity contribution in [2.45, 2.75) is 38.3 Å². The Morgan fingerprint density at radius 3 is 2.50 bits per heavy atom. The Morgan fingerprint density at radius 2 is 2.07 bits per heavy atom. The van der Waals surface area contributed by atoms with Crippen LogP contribution in [0, 0.1) is 0 Å². The fourth-order valence-corrected chi connectivity index (χ4v) is 1.21. The van der Waals surface area contributed by atoms with Gasteiger partial charge in [0.15, 0.2) is 0 Å². The molecule has 0 heterocycles. The number of amides is 2. The molecule has 0 saturated heterocycles. The molecule has 1 rings (SSSR count). The molecule has 1 fully saturated rings. The molecule has 1 unspecified atom stereocenters. The van der Waals surface area contributed by atoms with Crippen LogP contribution in [0.5, 0.6) is 0 Å². The van der Waals surface area contributed by atoms with Gasteiger partial charge < -0.3 is 15.4 Å². The van der Waals surface area contributed by atoms with Gasteiger partial charge in [-0.3, -0.25) is 0 Å². The number of carbonyl (C=O) groups excluding carboxylic acids is 2. The van der Waals surface area contributed by atoms with Crippen LogP contribution in [0.15, 0.2) is 0 Å². The smallest absolute Gasteiger partial charge is 0.328 e. The van der Waals surface area contributed by atoms with E-state index in [1.54, 1.807) is 6.92 Å². The molecule has 0 aromatic carbocycles. The van der Waals surface area contributed by atoms with Gasteiger partial charge in [0.2, 0.25) is 0 Å². The third-order valence-electron chi connectivity index (χ3n) is 2.34. The Labute approximate surface area is 83.2 Å². The minimum Gasteiger partial charge on any atom is -0.467 e. The molecule has 0 aromatic heterocycles. The number of ether oxygens (including phenoxy) is 1. The van der Waals surface area contributed by atoms with E-state index in [4.69, 9.17) is 0 Å². The third-order valence-corrected chi connectivity index (χ3v) is 2.34. The number of carbonyl (C=O) groups is 2. The molecule has 2 amide bonds. The molecule has 0 bridgehead atoms. The van der Waals surface area contributed by atoms with E-state index in [-0.39, 0.29) is 12.1 Å². The van der Waals surface area contributed by atoms with E-state index in [1.165, 1.54) is 7.11 Å². The summed E-state index contributed by atoms with van der Waals surface area (Å²) in [6.45, 7) is 1.59. The summed E-state index contributed by atoms with van der Waals surface area (Å²) in [5.41, 5.74) is 0. The largest absolute Gasteiger partial charge is 0.467 e. The van der Waals surface area contributed by atoms with E-state index < -0.39 is 12.0 Å². The average Bonchev–Trinajstić information content (AvgIpc) is 2.10. The molecule has 1 saturated carbocycles. The first-order valence-corrected chi connectivity index (χ1v) is 4.78. The highest BCUT2D eigenvalue weighted by Gasteiger charge is 2.21. The summed E-state index contributed by atoms with van der Waals surface area (Å²) in [6, 6.07) is -0.618. The monoisotopic (exact) mass is 200 g/mol. The summed E-state index contributed by atoms with van der Waals surface area (Å²) in [6.07, 6.45) is 3.22. The lowest BCUT2D eigenvalue weighted by molar-refractivity contribution is -0.142. The van der Waals surface area contributed by atoms with E-state index in [0.29, 0.717) is 0 Å². The molecular formula is C9H16N2O3. The highest BCUT2D eigenvalue weighted by atomic mass is 16.5. The molecule has 80 valence electrons. The maximum absolute atomic E-state index is 11.2. The van der Waals surface area contributed by atoms with E-state index >= 15 is 0 Å². The maximum atomic E-state index is 11.2. The van der Waals surface area contributed by atoms with Crippen LogP contribution in [-0.2, 0) is 9.53 Å². The van der Waals surface area contributed by atoms with Crippen LogP contribution in [0.1, 0.15) is 26.2 Å². The summed E-state index contributed by atoms with van der Waals surface area (Å²) < 4.78 is 4.48. The lowest BCUT2D eigenvalue weighted by Crippen LogP contribution is -2.49. The minimum atomic E-state index is -0.597. The molecule has 0 spiro atoms. The van der Waals surface area contributed by atoms with Crippen LogP contribution in [0.4, 0.5) is 4.79 Å². The highest BCUT2D eigenvalue weighted by molar-refractivity contribution is 5.83. The van der Waals surface area contributed by atoms with Crippen LogP contribution < -0.4 is 10.6 Å². The zero-order chi connectivity index (χ0) is 10.6. The molecule has 2 N–H and O–H groups in total. The second-order valence-corrected chi connectivity index (χ2v) is 3.49. The Kier molecular flexibility index (Phi) is 3.73. The number of urea groups is 1. The predicted molar refractivity (Wildman–Crippen MR) is 50.8 cm³/mol. The first-order valence-electron chi connectivity index (χ1n) is 4.78. The molecule has 0 aromatic rings. The zero-order valence-electron chi connectivity index (χ0n) is 8.50. The summed E-state index contributed by atoms with van der Waals surface area (Å²) in [4.78, 5) is 22.2. The normalized spacial score (nSPS) is 17.9. The van der Waals surface area contributed by atoms with Gasteiger partial charge >= 0.3 is 12.0 Å². The van der Waals surface area contributed by atoms with Crippen molar-refractivity contribution in [2.24, 2.45) is 0 Å². The van der Waals surface area contributed by atoms with Crippen LogP contribution in [0.3, 0.4) is 0 Å². The second-order valence-electron chi connectivity index (χ2n) is 3.49. The van der Waals surface area contributed by atoms with Crippen LogP contribution in [0.25, 0.3) is 0 Å². The Morgan fingerprint density at radius 1 is 1.43 bits per heavy atom. The number of hydrogen-bond acceptors (Lipinski definition) is 3. The second kappa shape index (κ2) is 4.83. The van der Waals surface area contributed by atoms with E-state index in [1.807, 2.05) is 0 Å². The standard InChI is InChI=1S/C9H16N2O3/c1-6(8(12)14-2)10-9(13)11-7-4-3-5-7/h6-7H,3-5H2,1-2H3,(H2,10,11,13). The van der Waals surface area contributed by atoms with Crippen molar-refractivity contribution in [1.82, 2.24) is 10.6 Å². The number of methoxy groups -OCH3 is 1. The number of esters is 1. The van der Waals surface area contributed by atoms with E-state index in [2.05, 4.69) is 15.4 Å². The van der Waals surface area contributed by atoms with Crippen molar-refractivity contribution < 1.29 is 14.3 Å². The summed E-state index contributed by atoms with van der Waals surface area (Å²) in [7, 11) is 1.30. The Hall–Kier alpha value is -1.26. The Bertz CT molecular complexity index is 226. The molecule has 5 nitrogen and oxygen atoms in total. The summed E-state index contributed by atoms with van der Waals surface area (Å²) in [5.74, 6) is -0.436. The summed E-state index contributed by atoms with van der Waals surface area (Å²) in [5, 5.41) is 5.27. The van der Waals surface area contributed by atoms with Crippen LogP contribution >= 0.6 is 0 Å². The lowest BCUT2D eigenvalue weighted by Gasteiger charge is -2.26. The molecule has 14 heavy (non-hydrogen) atoms. The van der Waals surface area contributed by atoms with Crippen molar-refractivity contribution in [1.29, 1.82) is 0 Å². The molecule has 1 atom stereocenters. The topological polar surface area (TPSA) is 67.4 Å². The van der Waals surface area contributed by atoms with Crippen molar-refractivity contribution in [2.75, 3.05) is 7.11 Å². The number of nitrogens with one attached hydrogen (secondary N) is 2. The quantitative estimate of drug-likeness (QED) is 0.648. The van der Waals surface area contributed by atoms with Gasteiger partial charge in [-0.15, -0.1) is 0 Å². The van der Waals surface area contributed by atoms with Gasteiger partial charge in [0, 0.05) is 6.04 Å². The first-order chi connectivity index (χ1) is 6.63. The summed E-state index contributed by atoms with van der Waals surface area (Å²) >= 11 is 0. The third kappa shape index (κ3) is 2.90. The van der Waals surface area contributed by atoms with Crippen molar-refractivity contribution in [3.05, 3.63) is 0 Å². The number of hydrogen-bond donors (Lipinski definition) is 2. The van der Waals surface area contributed by atoms with Gasteiger partial charge in [0.1, 0.15) is 6.04 Å². The fraction of sp³-hybridized carbons (Fsp3) is 0.778. The molecule has 0 radical (unpaired) electrons. The molecule has 1 aliphatic rings. The van der Waals surface area contributed by atoms with Crippen LogP contribution in [0.2, 0.25) is 0 Å². The minimum absolute atomic E-state index is 0.278. The van der Waals surface area contributed by atoms with Crippen LogP contribution in [-0.4, -0.2) is 31.2 Å². The van der Waals surface area contributed by atoms with Gasteiger partial charge in [-0.25, -0.2) is 9.59 Å². The SMILES string of the molecule is COC(=O)C(C)NC(=O)NC1CCC1. The van der Waals surface area contributed by atoms with Crippen molar-refractivity contribution >= 4 is 12.0 Å². The fourth-order valence-electron chi connectivity index (χ4n) is 1.21. The van der Waals surface area contributed by atoms with E-state index in [0.717, 1.165) is 19.3 Å². The van der Waals surface area contributed by atoms with Gasteiger partial charge in [-0.05, 0) is 26.2 Å². The first kappa shape index (κ1) is 10.8. The lowest BCUT2D eigenvalue weighted by atomic mass is 9.93. The zero-order valence-corrected chi connectivity index (χ0v) is 8.50. The maximum Gasteiger partial charge on any atom is 0.328 e. The molecule has 0 aliphatic heterocycles. The molecule has 5 heteroatoms. The number of rotatable bonds is 3. The van der Waals surface area contributed by atoms with Gasteiger partial charge in [-0.2, -0.15) is 0 Å². The molecule has 1 aliphatic carbocycles. The molecular weight excluding hydrogens is 184 g/mol. The van der Waals surface area contributed by atoms with Crippen molar-refractivity contribution in [3.63, 3.8) is 0 Å². The van der Waals surface area contributed by atoms with Gasteiger partial charge in [0.25, 0.3) is 0 Å². The predicted octanol–water partition coefficient (Wildman–Crippen LogP) is 0.400. The van der Waals surface area contributed by atoms with Gasteiger partial charge in [0.05, 0.1) is 7.11 Å². The van der Waals surface area contributed by atoms with Crippen molar-refractivity contribution in [3.8, 4) is 0 Å².